The minimum Gasteiger partial charge on any atom is -0.691 e. The summed E-state index contributed by atoms with van der Waals surface area (Å²) in [6, 6.07) is 18.7. The Labute approximate surface area is 264 Å². The number of nitrogens with zero attached hydrogens (tertiary/aromatic N) is 4. The van der Waals surface area contributed by atoms with Crippen LogP contribution in [-0.4, -0.2) is 45.5 Å². The summed E-state index contributed by atoms with van der Waals surface area (Å²) in [5, 5.41) is 8.02. The molecule has 4 nitrogen and oxygen atoms in total. The van der Waals surface area contributed by atoms with E-state index in [1.165, 1.54) is 55.5 Å². The van der Waals surface area contributed by atoms with Crippen molar-refractivity contribution in [3.05, 3.63) is 117 Å². The van der Waals surface area contributed by atoms with Crippen molar-refractivity contribution >= 4 is 28.8 Å². The first-order valence-electron chi connectivity index (χ1n) is 14.2. The number of allylic oxidation sites excluding steroid dienone is 1. The van der Waals surface area contributed by atoms with Crippen molar-refractivity contribution < 1.29 is 21.1 Å². The van der Waals surface area contributed by atoms with Crippen LogP contribution in [0.2, 0.25) is 0 Å². The summed E-state index contributed by atoms with van der Waals surface area (Å²) in [7, 11) is 5.71. The molecule has 41 heavy (non-hydrogen) atoms. The average Bonchev–Trinajstić information content (AvgIpc) is 3.33. The summed E-state index contributed by atoms with van der Waals surface area (Å²) >= 11 is 0. The van der Waals surface area contributed by atoms with Gasteiger partial charge in [0.1, 0.15) is 0 Å². The van der Waals surface area contributed by atoms with Crippen LogP contribution in [0.5, 0.6) is 0 Å². The maximum atomic E-state index is 4.04. The van der Waals surface area contributed by atoms with Gasteiger partial charge in [0.25, 0.3) is 0 Å². The molecule has 6 heteroatoms. The third-order valence-corrected chi connectivity index (χ3v) is 7.71. The number of rotatable bonds is 7. The van der Waals surface area contributed by atoms with Crippen molar-refractivity contribution in [3.63, 3.8) is 0 Å². The monoisotopic (exact) mass is 729 g/mol. The van der Waals surface area contributed by atoms with Gasteiger partial charge in [-0.3, -0.25) is 0 Å². The molecular formula is C35H47BN4Pt. The molecular weight excluding hydrogens is 682 g/mol. The molecule has 1 aliphatic heterocycles. The van der Waals surface area contributed by atoms with Crippen LogP contribution < -0.4 is 21.3 Å². The summed E-state index contributed by atoms with van der Waals surface area (Å²) < 4.78 is 0. The van der Waals surface area contributed by atoms with Crippen molar-refractivity contribution in [2.24, 2.45) is 0 Å². The Balaban J connectivity index is 0.000000511. The summed E-state index contributed by atoms with van der Waals surface area (Å²) in [5.74, 6) is 0. The van der Waals surface area contributed by atoms with Gasteiger partial charge in [0.2, 0.25) is 6.71 Å². The molecule has 0 aliphatic carbocycles. The molecule has 0 aromatic heterocycles. The van der Waals surface area contributed by atoms with Crippen LogP contribution in [0.3, 0.4) is 0 Å². The molecule has 0 saturated heterocycles. The van der Waals surface area contributed by atoms with Crippen molar-refractivity contribution in [1.29, 1.82) is 0 Å². The van der Waals surface area contributed by atoms with Crippen LogP contribution >= 0.6 is 0 Å². The number of likely N-dealkylation sites (N-methyl/N-ethyl adjacent to an activating group) is 1. The molecule has 0 spiro atoms. The third-order valence-electron chi connectivity index (χ3n) is 7.71. The van der Waals surface area contributed by atoms with E-state index in [0.29, 0.717) is 6.04 Å². The Morgan fingerprint density at radius 3 is 1.76 bits per heavy atom. The van der Waals surface area contributed by atoms with E-state index in [4.69, 9.17) is 0 Å². The molecule has 0 N–H and O–H groups in total. The van der Waals surface area contributed by atoms with E-state index in [9.17, 15) is 0 Å². The second-order valence-electron chi connectivity index (χ2n) is 11.3. The van der Waals surface area contributed by atoms with Gasteiger partial charge in [-0.15, -0.1) is 19.2 Å². The molecule has 3 aromatic rings. The Morgan fingerprint density at radius 2 is 1.34 bits per heavy atom. The third kappa shape index (κ3) is 8.87. The summed E-state index contributed by atoms with van der Waals surface area (Å²) in [5.41, 5.74) is 14.6. The zero-order chi connectivity index (χ0) is 29.6. The fourth-order valence-corrected chi connectivity index (χ4v) is 5.85. The Morgan fingerprint density at radius 1 is 0.829 bits per heavy atom. The van der Waals surface area contributed by atoms with E-state index in [2.05, 4.69) is 130 Å². The van der Waals surface area contributed by atoms with E-state index in [1.54, 1.807) is 7.05 Å². The minimum absolute atomic E-state index is 0. The number of benzene rings is 3. The fraction of sp³-hybridized carbons (Fsp3) is 0.371. The molecule has 0 saturated carbocycles. The van der Waals surface area contributed by atoms with Crippen LogP contribution in [0.15, 0.2) is 72.7 Å². The van der Waals surface area contributed by atoms with Gasteiger partial charge in [-0.25, -0.2) is 0 Å². The molecule has 0 bridgehead atoms. The molecule has 1 unspecified atom stereocenters. The standard InChI is InChI=1S/C28H33BN2.C7H14N2.Pt/c1-19-13-21(3)27(22(4)14-19)29(28-23(5)15-20(2)16-24(28)6)25-9-8-10-26(17-25)31-12-11-30(7)18-31;1-6(8-3)5-7(2)9-4;/h8-17H,18H2,1-7H3;5-6H,1-4H3;/q;-2;+2/b;7-5-;. The maximum Gasteiger partial charge on any atom is 2.00 e. The summed E-state index contributed by atoms with van der Waals surface area (Å²) in [6.45, 7) is 18.6. The fourth-order valence-electron chi connectivity index (χ4n) is 5.85. The maximum absolute atomic E-state index is 4.04. The Bertz CT molecular complexity index is 1280. The summed E-state index contributed by atoms with van der Waals surface area (Å²) in [6.07, 6.45) is 6.32. The van der Waals surface area contributed by atoms with Crippen LogP contribution in [-0.2, 0) is 21.1 Å². The van der Waals surface area contributed by atoms with E-state index in [-0.39, 0.29) is 27.8 Å². The van der Waals surface area contributed by atoms with Gasteiger partial charge in [0.05, 0.1) is 6.67 Å². The van der Waals surface area contributed by atoms with Crippen LogP contribution in [0, 0.1) is 41.5 Å². The first-order chi connectivity index (χ1) is 18.9. The summed E-state index contributed by atoms with van der Waals surface area (Å²) in [4.78, 5) is 4.51. The topological polar surface area (TPSA) is 34.7 Å². The normalized spacial score (nSPS) is 13.4. The SMILES string of the molecule is C[N-]/C(C)=C\C(C)[N-]C.Cc1cc(C)c(B(c2cccc(N3C=CN(C)C3)c2)c2c(C)cc(C)cc2C)c(C)c1.[Pt+2]. The van der Waals surface area contributed by atoms with Crippen LogP contribution in [0.4, 0.5) is 5.69 Å². The van der Waals surface area contributed by atoms with Crippen molar-refractivity contribution in [2.45, 2.75) is 61.4 Å². The predicted octanol–water partition coefficient (Wildman–Crippen LogP) is 6.52. The molecule has 1 atom stereocenters. The molecule has 1 aliphatic rings. The van der Waals surface area contributed by atoms with Crippen LogP contribution in [0.1, 0.15) is 47.2 Å². The quantitative estimate of drug-likeness (QED) is 0.260. The molecule has 1 heterocycles. The number of aryl methyl sites for hydroxylation is 6. The Kier molecular flexibility index (Phi) is 13.0. The van der Waals surface area contributed by atoms with E-state index in [0.717, 1.165) is 12.4 Å². The molecule has 0 amide bonds. The van der Waals surface area contributed by atoms with E-state index >= 15 is 0 Å². The van der Waals surface area contributed by atoms with Gasteiger partial charge in [0.15, 0.2) is 0 Å². The largest absolute Gasteiger partial charge is 2.00 e. The molecule has 220 valence electrons. The van der Waals surface area contributed by atoms with Crippen molar-refractivity contribution in [3.8, 4) is 0 Å². The zero-order valence-corrected chi connectivity index (χ0v) is 29.1. The first-order valence-corrected chi connectivity index (χ1v) is 14.2. The minimum atomic E-state index is 0. The van der Waals surface area contributed by atoms with Gasteiger partial charge in [-0.2, -0.15) is 12.7 Å². The first kappa shape index (κ1) is 34.5. The van der Waals surface area contributed by atoms with E-state index in [1.807, 2.05) is 27.0 Å². The van der Waals surface area contributed by atoms with Gasteiger partial charge in [-0.05, 0) is 53.7 Å². The number of anilines is 1. The van der Waals surface area contributed by atoms with Crippen molar-refractivity contribution in [2.75, 3.05) is 32.7 Å². The van der Waals surface area contributed by atoms with E-state index < -0.39 is 0 Å². The average molecular weight is 730 g/mol. The predicted molar refractivity (Wildman–Crippen MR) is 178 cm³/mol. The van der Waals surface area contributed by atoms with Gasteiger partial charge in [-0.1, -0.05) is 100 Å². The van der Waals surface area contributed by atoms with Crippen LogP contribution in [0.25, 0.3) is 10.6 Å². The number of hydrogen-bond acceptors (Lipinski definition) is 2. The molecule has 3 aromatic carbocycles. The second kappa shape index (κ2) is 15.5. The second-order valence-corrected chi connectivity index (χ2v) is 11.3. The smallest absolute Gasteiger partial charge is 0.691 e. The molecule has 4 rings (SSSR count). The number of hydrogen-bond donors (Lipinski definition) is 0. The zero-order valence-electron chi connectivity index (χ0n) is 26.8. The van der Waals surface area contributed by atoms with Crippen molar-refractivity contribution in [1.82, 2.24) is 4.90 Å². The Hall–Kier alpha value is -2.75. The molecule has 0 fully saturated rings. The van der Waals surface area contributed by atoms with Gasteiger partial charge in [0, 0.05) is 25.1 Å². The van der Waals surface area contributed by atoms with Gasteiger partial charge >= 0.3 is 21.1 Å². The van der Waals surface area contributed by atoms with Gasteiger partial charge < -0.3 is 20.4 Å². The molecule has 0 radical (unpaired) electrons.